The molecule has 0 aliphatic carbocycles. The summed E-state index contributed by atoms with van der Waals surface area (Å²) in [5.74, 6) is 0. The molecule has 0 bridgehead atoms. The lowest BCUT2D eigenvalue weighted by molar-refractivity contribution is 0.481. The van der Waals surface area contributed by atoms with Crippen molar-refractivity contribution in [2.45, 2.75) is 39.3 Å². The Kier molecular flexibility index (Phi) is 4.29. The first-order valence-corrected chi connectivity index (χ1v) is 5.57. The molecule has 1 atom stereocenters. The standard InChI is InChI=1S/C11H22N4/c1-5-10-9(7-15(4)14-10)11(6-12)13-8(2)3/h7-8,11,13H,5-6,12H2,1-4H3. The molecule has 1 unspecified atom stereocenters. The fourth-order valence-electron chi connectivity index (χ4n) is 1.81. The Labute approximate surface area is 91.8 Å². The number of aromatic nitrogens is 2. The van der Waals surface area contributed by atoms with E-state index >= 15 is 0 Å². The molecule has 1 aromatic rings. The number of aryl methyl sites for hydroxylation is 2. The van der Waals surface area contributed by atoms with Gasteiger partial charge in [0.2, 0.25) is 0 Å². The summed E-state index contributed by atoms with van der Waals surface area (Å²) in [5.41, 5.74) is 8.16. The average molecular weight is 210 g/mol. The summed E-state index contributed by atoms with van der Waals surface area (Å²) >= 11 is 0. The lowest BCUT2D eigenvalue weighted by Gasteiger charge is -2.19. The van der Waals surface area contributed by atoms with E-state index in [2.05, 4.69) is 37.4 Å². The highest BCUT2D eigenvalue weighted by Crippen LogP contribution is 2.17. The van der Waals surface area contributed by atoms with Crippen molar-refractivity contribution in [2.75, 3.05) is 6.54 Å². The van der Waals surface area contributed by atoms with Crippen molar-refractivity contribution in [2.24, 2.45) is 12.8 Å². The second-order valence-corrected chi connectivity index (χ2v) is 4.17. The summed E-state index contributed by atoms with van der Waals surface area (Å²) < 4.78 is 1.86. The van der Waals surface area contributed by atoms with Crippen LogP contribution in [0.2, 0.25) is 0 Å². The van der Waals surface area contributed by atoms with Gasteiger partial charge in [-0.25, -0.2) is 0 Å². The molecule has 4 heteroatoms. The average Bonchev–Trinajstić information content (AvgIpc) is 2.55. The van der Waals surface area contributed by atoms with Crippen LogP contribution in [0.15, 0.2) is 6.20 Å². The van der Waals surface area contributed by atoms with Crippen LogP contribution in [-0.2, 0) is 13.5 Å². The summed E-state index contributed by atoms with van der Waals surface area (Å²) in [6.45, 7) is 6.99. The smallest absolute Gasteiger partial charge is 0.0670 e. The number of rotatable bonds is 5. The largest absolute Gasteiger partial charge is 0.329 e. The molecule has 1 heterocycles. The molecular formula is C11H22N4. The van der Waals surface area contributed by atoms with Crippen LogP contribution >= 0.6 is 0 Å². The minimum absolute atomic E-state index is 0.216. The summed E-state index contributed by atoms with van der Waals surface area (Å²) in [6, 6.07) is 0.650. The minimum atomic E-state index is 0.216. The van der Waals surface area contributed by atoms with Crippen LogP contribution in [-0.4, -0.2) is 22.4 Å². The Morgan fingerprint density at radius 2 is 2.20 bits per heavy atom. The van der Waals surface area contributed by atoms with Crippen molar-refractivity contribution in [3.8, 4) is 0 Å². The molecule has 0 saturated heterocycles. The SMILES string of the molecule is CCc1nn(C)cc1C(CN)NC(C)C. The number of hydrogen-bond acceptors (Lipinski definition) is 3. The Morgan fingerprint density at radius 3 is 2.67 bits per heavy atom. The molecule has 0 saturated carbocycles. The molecule has 4 nitrogen and oxygen atoms in total. The molecule has 1 aromatic heterocycles. The second kappa shape index (κ2) is 5.28. The van der Waals surface area contributed by atoms with Gasteiger partial charge in [-0.05, 0) is 6.42 Å². The van der Waals surface area contributed by atoms with Gasteiger partial charge in [0.25, 0.3) is 0 Å². The zero-order chi connectivity index (χ0) is 11.4. The molecule has 3 N–H and O–H groups in total. The van der Waals surface area contributed by atoms with E-state index in [1.807, 2.05) is 11.7 Å². The normalized spacial score (nSPS) is 13.5. The molecule has 1 rings (SSSR count). The second-order valence-electron chi connectivity index (χ2n) is 4.17. The van der Waals surface area contributed by atoms with E-state index in [0.29, 0.717) is 12.6 Å². The van der Waals surface area contributed by atoms with E-state index in [9.17, 15) is 0 Å². The lowest BCUT2D eigenvalue weighted by atomic mass is 10.1. The van der Waals surface area contributed by atoms with E-state index < -0.39 is 0 Å². The van der Waals surface area contributed by atoms with Crippen LogP contribution in [0.5, 0.6) is 0 Å². The Balaban J connectivity index is 2.89. The quantitative estimate of drug-likeness (QED) is 0.761. The number of hydrogen-bond donors (Lipinski definition) is 2. The van der Waals surface area contributed by atoms with Crippen LogP contribution in [0.1, 0.15) is 38.1 Å². The molecule has 0 aliphatic rings. The molecule has 0 spiro atoms. The van der Waals surface area contributed by atoms with Crippen molar-refractivity contribution in [3.05, 3.63) is 17.5 Å². The maximum absolute atomic E-state index is 5.79. The van der Waals surface area contributed by atoms with E-state index in [-0.39, 0.29) is 6.04 Å². The lowest BCUT2D eigenvalue weighted by Crippen LogP contribution is -2.33. The first-order chi connectivity index (χ1) is 7.08. The zero-order valence-corrected chi connectivity index (χ0v) is 10.1. The molecule has 0 aromatic carbocycles. The van der Waals surface area contributed by atoms with Gasteiger partial charge < -0.3 is 11.1 Å². The topological polar surface area (TPSA) is 55.9 Å². The van der Waals surface area contributed by atoms with Gasteiger partial charge in [-0.3, -0.25) is 4.68 Å². The fraction of sp³-hybridized carbons (Fsp3) is 0.727. The molecule has 86 valence electrons. The fourth-order valence-corrected chi connectivity index (χ4v) is 1.81. The van der Waals surface area contributed by atoms with Crippen LogP contribution in [0.25, 0.3) is 0 Å². The highest BCUT2D eigenvalue weighted by atomic mass is 15.3. The van der Waals surface area contributed by atoms with Gasteiger partial charge in [0, 0.05) is 37.4 Å². The minimum Gasteiger partial charge on any atom is -0.329 e. The van der Waals surface area contributed by atoms with Crippen LogP contribution < -0.4 is 11.1 Å². The number of nitrogens with zero attached hydrogens (tertiary/aromatic N) is 2. The first-order valence-electron chi connectivity index (χ1n) is 5.57. The van der Waals surface area contributed by atoms with Gasteiger partial charge >= 0.3 is 0 Å². The van der Waals surface area contributed by atoms with Crippen molar-refractivity contribution in [3.63, 3.8) is 0 Å². The molecular weight excluding hydrogens is 188 g/mol. The highest BCUT2D eigenvalue weighted by molar-refractivity contribution is 5.22. The summed E-state index contributed by atoms with van der Waals surface area (Å²) in [4.78, 5) is 0. The predicted octanol–water partition coefficient (Wildman–Crippen LogP) is 0.980. The summed E-state index contributed by atoms with van der Waals surface area (Å²) in [5, 5.41) is 7.88. The van der Waals surface area contributed by atoms with E-state index in [0.717, 1.165) is 12.1 Å². The van der Waals surface area contributed by atoms with Gasteiger partial charge in [0.1, 0.15) is 0 Å². The van der Waals surface area contributed by atoms with Crippen LogP contribution in [0.4, 0.5) is 0 Å². The van der Waals surface area contributed by atoms with Gasteiger partial charge in [0.15, 0.2) is 0 Å². The maximum atomic E-state index is 5.79. The summed E-state index contributed by atoms with van der Waals surface area (Å²) in [6.07, 6.45) is 3.01. The van der Waals surface area contributed by atoms with Gasteiger partial charge in [0.05, 0.1) is 5.69 Å². The Bertz CT molecular complexity index is 304. The van der Waals surface area contributed by atoms with E-state index in [1.165, 1.54) is 5.56 Å². The van der Waals surface area contributed by atoms with Crippen LogP contribution in [0, 0.1) is 0 Å². The Hall–Kier alpha value is -0.870. The monoisotopic (exact) mass is 210 g/mol. The van der Waals surface area contributed by atoms with E-state index in [4.69, 9.17) is 5.73 Å². The molecule has 0 fully saturated rings. The molecule has 0 radical (unpaired) electrons. The predicted molar refractivity (Wildman–Crippen MR) is 62.7 cm³/mol. The van der Waals surface area contributed by atoms with Gasteiger partial charge in [-0.1, -0.05) is 20.8 Å². The molecule has 0 amide bonds. The third-order valence-electron chi connectivity index (χ3n) is 2.42. The highest BCUT2D eigenvalue weighted by Gasteiger charge is 2.16. The Morgan fingerprint density at radius 1 is 1.53 bits per heavy atom. The zero-order valence-electron chi connectivity index (χ0n) is 10.1. The molecule has 15 heavy (non-hydrogen) atoms. The van der Waals surface area contributed by atoms with Crippen molar-refractivity contribution < 1.29 is 0 Å². The summed E-state index contributed by atoms with van der Waals surface area (Å²) in [7, 11) is 1.95. The number of nitrogens with two attached hydrogens (primary N) is 1. The third-order valence-corrected chi connectivity index (χ3v) is 2.42. The van der Waals surface area contributed by atoms with Crippen molar-refractivity contribution in [1.82, 2.24) is 15.1 Å². The molecule has 0 aliphatic heterocycles. The van der Waals surface area contributed by atoms with Gasteiger partial charge in [-0.2, -0.15) is 5.10 Å². The maximum Gasteiger partial charge on any atom is 0.0670 e. The van der Waals surface area contributed by atoms with E-state index in [1.54, 1.807) is 0 Å². The van der Waals surface area contributed by atoms with Gasteiger partial charge in [-0.15, -0.1) is 0 Å². The van der Waals surface area contributed by atoms with Crippen molar-refractivity contribution >= 4 is 0 Å². The third kappa shape index (κ3) is 3.04. The van der Waals surface area contributed by atoms with Crippen LogP contribution in [0.3, 0.4) is 0 Å². The first kappa shape index (κ1) is 12.2. The van der Waals surface area contributed by atoms with Crippen molar-refractivity contribution in [1.29, 1.82) is 0 Å². The number of nitrogens with one attached hydrogen (secondary N) is 1.